The summed E-state index contributed by atoms with van der Waals surface area (Å²) >= 11 is 6.00. The lowest BCUT2D eigenvalue weighted by molar-refractivity contribution is -0.216. The van der Waals surface area contributed by atoms with E-state index in [0.29, 0.717) is 0 Å². The lowest BCUT2D eigenvalue weighted by atomic mass is 10.0. The molecule has 0 amide bonds. The summed E-state index contributed by atoms with van der Waals surface area (Å²) in [6, 6.07) is 7.95. The van der Waals surface area contributed by atoms with Crippen LogP contribution < -0.4 is 4.90 Å². The van der Waals surface area contributed by atoms with Gasteiger partial charge in [-0.25, -0.2) is 0 Å². The molecule has 3 nitrogen and oxygen atoms in total. The van der Waals surface area contributed by atoms with E-state index in [1.807, 2.05) is 18.2 Å². The summed E-state index contributed by atoms with van der Waals surface area (Å²) < 4.78 is 10.9. The summed E-state index contributed by atoms with van der Waals surface area (Å²) in [4.78, 5) is 2.31. The fourth-order valence-electron chi connectivity index (χ4n) is 2.27. The van der Waals surface area contributed by atoms with Crippen LogP contribution >= 0.6 is 11.6 Å². The minimum absolute atomic E-state index is 0.408. The van der Waals surface area contributed by atoms with E-state index in [-0.39, 0.29) is 0 Å². The summed E-state index contributed by atoms with van der Waals surface area (Å²) in [6.45, 7) is 1.84. The molecule has 0 bridgehead atoms. The number of hydrogen-bond acceptors (Lipinski definition) is 3. The summed E-state index contributed by atoms with van der Waals surface area (Å²) in [5.41, 5.74) is 1.17. The van der Waals surface area contributed by atoms with Gasteiger partial charge in [0.2, 0.25) is 0 Å². The van der Waals surface area contributed by atoms with Crippen molar-refractivity contribution in [3.05, 3.63) is 29.3 Å². The Balaban J connectivity index is 2.04. The zero-order valence-electron chi connectivity index (χ0n) is 10.3. The summed E-state index contributed by atoms with van der Waals surface area (Å²) in [6.07, 6.45) is 1.74. The van der Waals surface area contributed by atoms with Gasteiger partial charge in [-0.15, -0.1) is 0 Å². The van der Waals surface area contributed by atoms with Gasteiger partial charge < -0.3 is 14.4 Å². The molecule has 0 spiro atoms. The molecule has 2 rings (SSSR count). The quantitative estimate of drug-likeness (QED) is 0.776. The number of halogens is 1. The highest BCUT2D eigenvalue weighted by molar-refractivity contribution is 6.30. The Labute approximate surface area is 107 Å². The van der Waals surface area contributed by atoms with E-state index in [9.17, 15) is 0 Å². The molecule has 1 saturated heterocycles. The maximum atomic E-state index is 6.00. The number of methoxy groups -OCH3 is 2. The zero-order valence-corrected chi connectivity index (χ0v) is 11.0. The molecule has 0 atom stereocenters. The van der Waals surface area contributed by atoms with Gasteiger partial charge in [-0.3, -0.25) is 0 Å². The maximum Gasteiger partial charge on any atom is 0.170 e. The standard InChI is InChI=1S/C13H18ClNO2/c1-16-13(17-2)6-8-15(9-7-13)12-5-3-4-11(14)10-12/h3-5,10H,6-9H2,1-2H3. The Hall–Kier alpha value is -0.770. The Morgan fingerprint density at radius 1 is 1.18 bits per heavy atom. The first kappa shape index (κ1) is 12.7. The topological polar surface area (TPSA) is 21.7 Å². The molecule has 0 aliphatic carbocycles. The summed E-state index contributed by atoms with van der Waals surface area (Å²) in [5, 5.41) is 0.776. The normalized spacial score (nSPS) is 19.4. The lowest BCUT2D eigenvalue weighted by Gasteiger charge is -2.40. The highest BCUT2D eigenvalue weighted by Gasteiger charge is 2.34. The SMILES string of the molecule is COC1(OC)CCN(c2cccc(Cl)c2)CC1. The number of piperidine rings is 1. The van der Waals surface area contributed by atoms with Crippen LogP contribution in [0.5, 0.6) is 0 Å². The Morgan fingerprint density at radius 3 is 2.35 bits per heavy atom. The fraction of sp³-hybridized carbons (Fsp3) is 0.538. The lowest BCUT2D eigenvalue weighted by Crippen LogP contribution is -2.46. The van der Waals surface area contributed by atoms with E-state index in [2.05, 4.69) is 11.0 Å². The minimum Gasteiger partial charge on any atom is -0.371 e. The molecule has 0 aromatic heterocycles. The van der Waals surface area contributed by atoms with Crippen molar-refractivity contribution in [2.45, 2.75) is 18.6 Å². The molecule has 17 heavy (non-hydrogen) atoms. The summed E-state index contributed by atoms with van der Waals surface area (Å²) in [5.74, 6) is -0.408. The molecule has 4 heteroatoms. The number of benzene rings is 1. The predicted octanol–water partition coefficient (Wildman–Crippen LogP) is 2.93. The molecule has 1 aromatic carbocycles. The second kappa shape index (κ2) is 5.25. The van der Waals surface area contributed by atoms with Crippen LogP contribution in [0, 0.1) is 0 Å². The molecule has 1 aliphatic heterocycles. The Kier molecular flexibility index (Phi) is 3.92. The van der Waals surface area contributed by atoms with Crippen LogP contribution in [-0.2, 0) is 9.47 Å². The number of anilines is 1. The van der Waals surface area contributed by atoms with Gasteiger partial charge in [0.15, 0.2) is 5.79 Å². The van der Waals surface area contributed by atoms with Gasteiger partial charge in [0.1, 0.15) is 0 Å². The molecular formula is C13H18ClNO2. The van der Waals surface area contributed by atoms with Crippen molar-refractivity contribution in [3.63, 3.8) is 0 Å². The van der Waals surface area contributed by atoms with Crippen LogP contribution in [0.25, 0.3) is 0 Å². The van der Waals surface area contributed by atoms with Gasteiger partial charge in [-0.1, -0.05) is 17.7 Å². The van der Waals surface area contributed by atoms with Crippen LogP contribution in [0.1, 0.15) is 12.8 Å². The van der Waals surface area contributed by atoms with Gasteiger partial charge in [0.25, 0.3) is 0 Å². The number of hydrogen-bond donors (Lipinski definition) is 0. The fourth-order valence-corrected chi connectivity index (χ4v) is 2.45. The molecule has 94 valence electrons. The average molecular weight is 256 g/mol. The van der Waals surface area contributed by atoms with Crippen LogP contribution in [0.3, 0.4) is 0 Å². The third-order valence-electron chi connectivity index (χ3n) is 3.44. The predicted molar refractivity (Wildman–Crippen MR) is 69.6 cm³/mol. The van der Waals surface area contributed by atoms with E-state index in [1.54, 1.807) is 14.2 Å². The highest BCUT2D eigenvalue weighted by Crippen LogP contribution is 2.30. The zero-order chi connectivity index (χ0) is 12.3. The highest BCUT2D eigenvalue weighted by atomic mass is 35.5. The Bertz CT molecular complexity index is 369. The van der Waals surface area contributed by atoms with Crippen molar-refractivity contribution in [2.24, 2.45) is 0 Å². The van der Waals surface area contributed by atoms with E-state index in [1.165, 1.54) is 5.69 Å². The second-order valence-electron chi connectivity index (χ2n) is 4.29. The van der Waals surface area contributed by atoms with Crippen molar-refractivity contribution in [1.29, 1.82) is 0 Å². The van der Waals surface area contributed by atoms with Crippen LogP contribution in [0.15, 0.2) is 24.3 Å². The first-order chi connectivity index (χ1) is 8.19. The van der Waals surface area contributed by atoms with Gasteiger partial charge in [-0.2, -0.15) is 0 Å². The van der Waals surface area contributed by atoms with Gasteiger partial charge in [0.05, 0.1) is 0 Å². The Morgan fingerprint density at radius 2 is 1.82 bits per heavy atom. The van der Waals surface area contributed by atoms with Crippen molar-refractivity contribution in [2.75, 3.05) is 32.2 Å². The molecule has 1 heterocycles. The van der Waals surface area contributed by atoms with Gasteiger partial charge >= 0.3 is 0 Å². The van der Waals surface area contributed by atoms with Crippen molar-refractivity contribution in [3.8, 4) is 0 Å². The molecule has 0 radical (unpaired) electrons. The van der Waals surface area contributed by atoms with E-state index in [4.69, 9.17) is 21.1 Å². The smallest absolute Gasteiger partial charge is 0.170 e. The second-order valence-corrected chi connectivity index (χ2v) is 4.72. The average Bonchev–Trinajstić information content (AvgIpc) is 2.39. The number of rotatable bonds is 3. The third-order valence-corrected chi connectivity index (χ3v) is 3.68. The van der Waals surface area contributed by atoms with Gasteiger partial charge in [-0.05, 0) is 18.2 Å². The molecule has 1 aliphatic rings. The third kappa shape index (κ3) is 2.73. The minimum atomic E-state index is -0.408. The van der Waals surface area contributed by atoms with Crippen molar-refractivity contribution in [1.82, 2.24) is 0 Å². The van der Waals surface area contributed by atoms with Crippen molar-refractivity contribution >= 4 is 17.3 Å². The monoisotopic (exact) mass is 255 g/mol. The van der Waals surface area contributed by atoms with Crippen LogP contribution in [-0.4, -0.2) is 33.1 Å². The largest absolute Gasteiger partial charge is 0.371 e. The van der Waals surface area contributed by atoms with Gasteiger partial charge in [0, 0.05) is 50.9 Å². The van der Waals surface area contributed by atoms with Crippen LogP contribution in [0.4, 0.5) is 5.69 Å². The van der Waals surface area contributed by atoms with Crippen molar-refractivity contribution < 1.29 is 9.47 Å². The molecule has 0 unspecified atom stereocenters. The number of ether oxygens (including phenoxy) is 2. The first-order valence-electron chi connectivity index (χ1n) is 5.80. The van der Waals surface area contributed by atoms with E-state index in [0.717, 1.165) is 31.0 Å². The summed E-state index contributed by atoms with van der Waals surface area (Å²) in [7, 11) is 3.41. The molecular weight excluding hydrogens is 238 g/mol. The first-order valence-corrected chi connectivity index (χ1v) is 6.18. The molecule has 1 aromatic rings. The van der Waals surface area contributed by atoms with E-state index < -0.39 is 5.79 Å². The number of nitrogens with zero attached hydrogens (tertiary/aromatic N) is 1. The molecule has 1 fully saturated rings. The van der Waals surface area contributed by atoms with Crippen LogP contribution in [0.2, 0.25) is 5.02 Å². The maximum absolute atomic E-state index is 6.00. The molecule has 0 N–H and O–H groups in total. The van der Waals surface area contributed by atoms with E-state index >= 15 is 0 Å². The molecule has 0 saturated carbocycles.